The summed E-state index contributed by atoms with van der Waals surface area (Å²) in [5.41, 5.74) is -0.685. The zero-order valence-electron chi connectivity index (χ0n) is 18.9. The molecule has 4 atom stereocenters. The van der Waals surface area contributed by atoms with Gasteiger partial charge in [0, 0.05) is 32.1 Å². The van der Waals surface area contributed by atoms with Gasteiger partial charge in [0.25, 0.3) is 0 Å². The van der Waals surface area contributed by atoms with Gasteiger partial charge in [-0.3, -0.25) is 19.4 Å². The summed E-state index contributed by atoms with van der Waals surface area (Å²) in [5, 5.41) is 0. The summed E-state index contributed by atoms with van der Waals surface area (Å²) < 4.78 is 60.2. The molecule has 0 radical (unpaired) electrons. The first-order chi connectivity index (χ1) is 16.4. The molecule has 188 valence electrons. The fourth-order valence-electron chi connectivity index (χ4n) is 3.39. The number of hydrogen-bond donors (Lipinski definition) is 0. The van der Waals surface area contributed by atoms with Crippen molar-refractivity contribution in [3.05, 3.63) is 48.2 Å². The van der Waals surface area contributed by atoms with E-state index in [4.69, 9.17) is 18.9 Å². The van der Waals surface area contributed by atoms with Crippen LogP contribution in [0.1, 0.15) is 26.3 Å². The number of carbonyl (C=O) groups is 3. The molecular formula is C23H22F3NO7S. The molecule has 2 aromatic rings. The molecular weight excluding hydrogens is 491 g/mol. The summed E-state index contributed by atoms with van der Waals surface area (Å²) in [6.45, 7) is 3.57. The first-order valence-corrected chi connectivity index (χ1v) is 11.4. The predicted octanol–water partition coefficient (Wildman–Crippen LogP) is 4.01. The molecule has 1 aromatic heterocycles. The number of pyridine rings is 1. The average molecular weight is 513 g/mol. The number of carbonyl (C=O) groups excluding carboxylic acids is 3. The molecule has 35 heavy (non-hydrogen) atoms. The van der Waals surface area contributed by atoms with Crippen LogP contribution >= 0.6 is 11.8 Å². The maximum absolute atomic E-state index is 12.8. The number of alkyl halides is 3. The number of thioether (sulfide) groups is 1. The predicted molar refractivity (Wildman–Crippen MR) is 118 cm³/mol. The first kappa shape index (κ1) is 26.3. The summed E-state index contributed by atoms with van der Waals surface area (Å²) in [4.78, 5) is 39.1. The van der Waals surface area contributed by atoms with Gasteiger partial charge in [0.1, 0.15) is 5.75 Å². The number of ether oxygens (including phenoxy) is 4. The van der Waals surface area contributed by atoms with E-state index >= 15 is 0 Å². The van der Waals surface area contributed by atoms with Crippen molar-refractivity contribution in [1.82, 2.24) is 4.98 Å². The molecule has 1 fully saturated rings. The number of esters is 3. The number of nitrogens with zero attached hydrogens (tertiary/aromatic N) is 1. The third-order valence-corrected chi connectivity index (χ3v) is 6.02. The summed E-state index contributed by atoms with van der Waals surface area (Å²) in [6.07, 6.45) is -6.10. The van der Waals surface area contributed by atoms with Crippen LogP contribution in [0.3, 0.4) is 0 Å². The highest BCUT2D eigenvalue weighted by molar-refractivity contribution is 7.99. The highest BCUT2D eigenvalue weighted by Crippen LogP contribution is 2.35. The van der Waals surface area contributed by atoms with E-state index in [1.165, 1.54) is 50.9 Å². The van der Waals surface area contributed by atoms with Crippen molar-refractivity contribution in [3.8, 4) is 17.0 Å². The maximum atomic E-state index is 12.8. The lowest BCUT2D eigenvalue weighted by atomic mass is 10.1. The number of benzene rings is 1. The van der Waals surface area contributed by atoms with Gasteiger partial charge in [-0.1, -0.05) is 12.1 Å². The third kappa shape index (κ3) is 7.10. The molecule has 1 unspecified atom stereocenters. The Labute approximate surface area is 203 Å². The molecule has 0 spiro atoms. The molecule has 1 aliphatic rings. The van der Waals surface area contributed by atoms with Gasteiger partial charge < -0.3 is 18.9 Å². The minimum Gasteiger partial charge on any atom is -0.474 e. The van der Waals surface area contributed by atoms with Gasteiger partial charge in [-0.15, -0.1) is 11.8 Å². The molecule has 8 nitrogen and oxygen atoms in total. The van der Waals surface area contributed by atoms with Crippen LogP contribution in [0, 0.1) is 0 Å². The molecule has 1 aliphatic heterocycles. The van der Waals surface area contributed by atoms with Crippen molar-refractivity contribution >= 4 is 29.7 Å². The van der Waals surface area contributed by atoms with E-state index in [1.54, 1.807) is 12.1 Å². The van der Waals surface area contributed by atoms with Gasteiger partial charge >= 0.3 is 24.1 Å². The van der Waals surface area contributed by atoms with Gasteiger partial charge in [-0.2, -0.15) is 13.2 Å². The Morgan fingerprint density at radius 2 is 1.49 bits per heavy atom. The van der Waals surface area contributed by atoms with E-state index < -0.39 is 53.4 Å². The molecule has 0 N–H and O–H groups in total. The van der Waals surface area contributed by atoms with E-state index in [1.807, 2.05) is 0 Å². The maximum Gasteiger partial charge on any atom is 0.416 e. The Kier molecular flexibility index (Phi) is 8.26. The normalized spacial score (nSPS) is 22.1. The topological polar surface area (TPSA) is 101 Å². The van der Waals surface area contributed by atoms with Crippen LogP contribution in [-0.4, -0.2) is 52.4 Å². The Balaban J connectivity index is 1.78. The molecule has 0 amide bonds. The van der Waals surface area contributed by atoms with Gasteiger partial charge in [0.15, 0.2) is 23.7 Å². The van der Waals surface area contributed by atoms with E-state index in [-0.39, 0.29) is 11.5 Å². The lowest BCUT2D eigenvalue weighted by molar-refractivity contribution is -0.186. The smallest absolute Gasteiger partial charge is 0.416 e. The van der Waals surface area contributed by atoms with Crippen molar-refractivity contribution in [2.24, 2.45) is 0 Å². The molecule has 1 saturated heterocycles. The van der Waals surface area contributed by atoms with Crippen LogP contribution in [0.15, 0.2) is 42.6 Å². The SMILES string of the molecule is CC(=O)O[C@H]1[C@H](OC(C)=O)CSC(Oc2ccc(-c3ccc(C(F)(F)F)cc3)nc2)[C@@H]1OC(C)=O. The monoisotopic (exact) mass is 513 g/mol. The van der Waals surface area contributed by atoms with Crippen LogP contribution in [0.25, 0.3) is 11.3 Å². The van der Waals surface area contributed by atoms with Gasteiger partial charge in [0.05, 0.1) is 17.5 Å². The fraction of sp³-hybridized carbons (Fsp3) is 0.391. The van der Waals surface area contributed by atoms with Crippen molar-refractivity contribution < 1.29 is 46.5 Å². The number of rotatable bonds is 6. The van der Waals surface area contributed by atoms with Crippen LogP contribution in [0.4, 0.5) is 13.2 Å². The second-order valence-corrected chi connectivity index (χ2v) is 8.70. The molecule has 0 bridgehead atoms. The molecule has 0 saturated carbocycles. The van der Waals surface area contributed by atoms with E-state index in [9.17, 15) is 27.6 Å². The van der Waals surface area contributed by atoms with Gasteiger partial charge in [-0.25, -0.2) is 0 Å². The van der Waals surface area contributed by atoms with Crippen LogP contribution in [-0.2, 0) is 34.8 Å². The average Bonchev–Trinajstić information content (AvgIpc) is 2.77. The van der Waals surface area contributed by atoms with Crippen molar-refractivity contribution in [3.63, 3.8) is 0 Å². The summed E-state index contributed by atoms with van der Waals surface area (Å²) in [6, 6.07) is 7.70. The van der Waals surface area contributed by atoms with Gasteiger partial charge in [0.2, 0.25) is 0 Å². The zero-order valence-corrected chi connectivity index (χ0v) is 19.7. The molecule has 2 heterocycles. The summed E-state index contributed by atoms with van der Waals surface area (Å²) in [5.74, 6) is -1.41. The molecule has 1 aromatic carbocycles. The molecule has 3 rings (SSSR count). The van der Waals surface area contributed by atoms with Crippen LogP contribution in [0.2, 0.25) is 0 Å². The van der Waals surface area contributed by atoms with Crippen LogP contribution in [0.5, 0.6) is 5.75 Å². The van der Waals surface area contributed by atoms with Crippen LogP contribution < -0.4 is 4.74 Å². The summed E-state index contributed by atoms with van der Waals surface area (Å²) in [7, 11) is 0. The van der Waals surface area contributed by atoms with E-state index in [0.717, 1.165) is 12.1 Å². The van der Waals surface area contributed by atoms with Crippen molar-refractivity contribution in [1.29, 1.82) is 0 Å². The Hall–Kier alpha value is -3.28. The first-order valence-electron chi connectivity index (χ1n) is 10.4. The second-order valence-electron chi connectivity index (χ2n) is 7.57. The second kappa shape index (κ2) is 11.0. The van der Waals surface area contributed by atoms with E-state index in [2.05, 4.69) is 4.98 Å². The van der Waals surface area contributed by atoms with Crippen molar-refractivity contribution in [2.75, 3.05) is 5.75 Å². The highest BCUT2D eigenvalue weighted by Gasteiger charge is 2.47. The standard InChI is InChI=1S/C23H22F3NO7S/c1-12(28)31-19-11-35-22(21(33-14(3)30)20(19)32-13(2)29)34-17-8-9-18(27-10-17)15-4-6-16(7-5-15)23(24,25)26/h4-10,19-22H,11H2,1-3H3/t19-,20+,21-,22?/m1/s1. The largest absolute Gasteiger partial charge is 0.474 e. The quantitative estimate of drug-likeness (QED) is 0.419. The minimum absolute atomic E-state index is 0.205. The zero-order chi connectivity index (χ0) is 25.8. The van der Waals surface area contributed by atoms with Crippen molar-refractivity contribution in [2.45, 2.75) is 50.7 Å². The number of aromatic nitrogens is 1. The Morgan fingerprint density at radius 3 is 2.00 bits per heavy atom. The number of halogens is 3. The van der Waals surface area contributed by atoms with Gasteiger partial charge in [-0.05, 0) is 24.3 Å². The molecule has 0 aliphatic carbocycles. The third-order valence-electron chi connectivity index (χ3n) is 4.80. The summed E-state index contributed by atoms with van der Waals surface area (Å²) >= 11 is 1.19. The Morgan fingerprint density at radius 1 is 0.886 bits per heavy atom. The Bertz CT molecular complexity index is 1060. The van der Waals surface area contributed by atoms with E-state index in [0.29, 0.717) is 11.3 Å². The number of hydrogen-bond acceptors (Lipinski definition) is 9. The lowest BCUT2D eigenvalue weighted by Gasteiger charge is -2.39. The fourth-order valence-corrected chi connectivity index (χ4v) is 4.61. The highest BCUT2D eigenvalue weighted by atomic mass is 32.2. The molecule has 12 heteroatoms. The lowest BCUT2D eigenvalue weighted by Crippen LogP contribution is -2.55. The minimum atomic E-state index is -4.43.